The summed E-state index contributed by atoms with van der Waals surface area (Å²) in [5.41, 5.74) is 7.42. The molecule has 0 atom stereocenters. The van der Waals surface area contributed by atoms with Gasteiger partial charge in [0, 0.05) is 25.2 Å². The SMILES string of the molecule is CC(C)CN(C)CCc1ccc(N)cn1. The van der Waals surface area contributed by atoms with Crippen molar-refractivity contribution in [3.63, 3.8) is 0 Å². The highest BCUT2D eigenvalue weighted by molar-refractivity contribution is 5.34. The van der Waals surface area contributed by atoms with E-state index < -0.39 is 0 Å². The number of nitrogens with zero attached hydrogens (tertiary/aromatic N) is 2. The fraction of sp³-hybridized carbons (Fsp3) is 0.583. The molecule has 0 aliphatic carbocycles. The molecule has 1 aromatic rings. The van der Waals surface area contributed by atoms with Crippen molar-refractivity contribution in [1.29, 1.82) is 0 Å². The first-order valence-corrected chi connectivity index (χ1v) is 5.47. The van der Waals surface area contributed by atoms with Gasteiger partial charge in [0.2, 0.25) is 0 Å². The van der Waals surface area contributed by atoms with Gasteiger partial charge in [0.25, 0.3) is 0 Å². The summed E-state index contributed by atoms with van der Waals surface area (Å²) in [6.07, 6.45) is 2.71. The monoisotopic (exact) mass is 207 g/mol. The Labute approximate surface area is 92.3 Å². The number of likely N-dealkylation sites (N-methyl/N-ethyl adjacent to an activating group) is 1. The first kappa shape index (κ1) is 12.0. The van der Waals surface area contributed by atoms with E-state index >= 15 is 0 Å². The fourth-order valence-electron chi connectivity index (χ4n) is 1.60. The van der Waals surface area contributed by atoms with Gasteiger partial charge < -0.3 is 10.6 Å². The molecule has 0 amide bonds. The van der Waals surface area contributed by atoms with Gasteiger partial charge in [0.15, 0.2) is 0 Å². The molecule has 0 bridgehead atoms. The second-order valence-electron chi connectivity index (χ2n) is 4.49. The van der Waals surface area contributed by atoms with Crippen LogP contribution >= 0.6 is 0 Å². The Morgan fingerprint density at radius 1 is 1.40 bits per heavy atom. The lowest BCUT2D eigenvalue weighted by atomic mass is 10.2. The molecule has 1 rings (SSSR count). The molecule has 0 saturated carbocycles. The van der Waals surface area contributed by atoms with E-state index in [4.69, 9.17) is 5.73 Å². The number of rotatable bonds is 5. The maximum Gasteiger partial charge on any atom is 0.0501 e. The lowest BCUT2D eigenvalue weighted by Gasteiger charge is -2.18. The Kier molecular flexibility index (Phi) is 4.56. The third-order valence-corrected chi connectivity index (χ3v) is 2.27. The van der Waals surface area contributed by atoms with Crippen molar-refractivity contribution in [1.82, 2.24) is 9.88 Å². The van der Waals surface area contributed by atoms with E-state index in [2.05, 4.69) is 30.8 Å². The van der Waals surface area contributed by atoms with Crippen LogP contribution < -0.4 is 5.73 Å². The highest BCUT2D eigenvalue weighted by atomic mass is 15.1. The predicted molar refractivity (Wildman–Crippen MR) is 64.7 cm³/mol. The van der Waals surface area contributed by atoms with E-state index in [1.807, 2.05) is 12.1 Å². The van der Waals surface area contributed by atoms with Crippen LogP contribution in [0.2, 0.25) is 0 Å². The molecular formula is C12H21N3. The lowest BCUT2D eigenvalue weighted by Crippen LogP contribution is -2.25. The quantitative estimate of drug-likeness (QED) is 0.800. The molecule has 0 spiro atoms. The molecular weight excluding hydrogens is 186 g/mol. The summed E-state index contributed by atoms with van der Waals surface area (Å²) in [6, 6.07) is 3.91. The average Bonchev–Trinajstić information content (AvgIpc) is 2.16. The van der Waals surface area contributed by atoms with Gasteiger partial charge >= 0.3 is 0 Å². The molecule has 0 aliphatic rings. The Bertz CT molecular complexity index is 279. The molecule has 0 saturated heterocycles. The molecule has 2 N–H and O–H groups in total. The van der Waals surface area contributed by atoms with Gasteiger partial charge in [-0.15, -0.1) is 0 Å². The van der Waals surface area contributed by atoms with Gasteiger partial charge in [0.05, 0.1) is 11.9 Å². The number of aromatic nitrogens is 1. The van der Waals surface area contributed by atoms with E-state index in [-0.39, 0.29) is 0 Å². The van der Waals surface area contributed by atoms with Gasteiger partial charge in [0.1, 0.15) is 0 Å². The number of hydrogen-bond acceptors (Lipinski definition) is 3. The van der Waals surface area contributed by atoms with E-state index in [0.717, 1.165) is 36.8 Å². The summed E-state index contributed by atoms with van der Waals surface area (Å²) in [5.74, 6) is 0.717. The molecule has 0 unspecified atom stereocenters. The van der Waals surface area contributed by atoms with Crippen LogP contribution in [0.3, 0.4) is 0 Å². The number of pyridine rings is 1. The van der Waals surface area contributed by atoms with Gasteiger partial charge in [-0.05, 0) is 25.1 Å². The van der Waals surface area contributed by atoms with Crippen molar-refractivity contribution in [2.45, 2.75) is 20.3 Å². The highest BCUT2D eigenvalue weighted by Gasteiger charge is 2.02. The van der Waals surface area contributed by atoms with Gasteiger partial charge in [-0.25, -0.2) is 0 Å². The minimum absolute atomic E-state index is 0.717. The topological polar surface area (TPSA) is 42.1 Å². The summed E-state index contributed by atoms with van der Waals surface area (Å²) in [4.78, 5) is 6.61. The highest BCUT2D eigenvalue weighted by Crippen LogP contribution is 2.03. The Morgan fingerprint density at radius 2 is 2.13 bits per heavy atom. The molecule has 15 heavy (non-hydrogen) atoms. The summed E-state index contributed by atoms with van der Waals surface area (Å²) in [7, 11) is 2.15. The van der Waals surface area contributed by atoms with Crippen LogP contribution in [0.25, 0.3) is 0 Å². The average molecular weight is 207 g/mol. The van der Waals surface area contributed by atoms with Gasteiger partial charge in [-0.2, -0.15) is 0 Å². The first-order valence-electron chi connectivity index (χ1n) is 5.47. The molecule has 1 aromatic heterocycles. The summed E-state index contributed by atoms with van der Waals surface area (Å²) in [6.45, 7) is 6.65. The zero-order valence-electron chi connectivity index (χ0n) is 9.90. The number of nitrogens with two attached hydrogens (primary N) is 1. The zero-order chi connectivity index (χ0) is 11.3. The van der Waals surface area contributed by atoms with Crippen molar-refractivity contribution in [2.75, 3.05) is 25.9 Å². The third kappa shape index (κ3) is 4.79. The minimum atomic E-state index is 0.717. The van der Waals surface area contributed by atoms with E-state index in [1.165, 1.54) is 0 Å². The smallest absolute Gasteiger partial charge is 0.0501 e. The summed E-state index contributed by atoms with van der Waals surface area (Å²) >= 11 is 0. The van der Waals surface area contributed by atoms with Crippen LogP contribution in [-0.4, -0.2) is 30.0 Å². The maximum absolute atomic E-state index is 5.58. The van der Waals surface area contributed by atoms with Gasteiger partial charge in [-0.1, -0.05) is 13.8 Å². The number of anilines is 1. The van der Waals surface area contributed by atoms with Crippen LogP contribution in [0.5, 0.6) is 0 Å². The zero-order valence-corrected chi connectivity index (χ0v) is 9.90. The summed E-state index contributed by atoms with van der Waals surface area (Å²) in [5, 5.41) is 0. The Hall–Kier alpha value is -1.09. The van der Waals surface area contributed by atoms with Crippen molar-refractivity contribution in [3.05, 3.63) is 24.0 Å². The molecule has 3 heteroatoms. The molecule has 0 aromatic carbocycles. The fourth-order valence-corrected chi connectivity index (χ4v) is 1.60. The van der Waals surface area contributed by atoms with Crippen LogP contribution in [0.1, 0.15) is 19.5 Å². The molecule has 0 radical (unpaired) electrons. The lowest BCUT2D eigenvalue weighted by molar-refractivity contribution is 0.298. The molecule has 1 heterocycles. The molecule has 84 valence electrons. The standard InChI is InChI=1S/C12H21N3/c1-10(2)9-15(3)7-6-12-5-4-11(13)8-14-12/h4-5,8,10H,6-7,9,13H2,1-3H3. The van der Waals surface area contributed by atoms with Crippen LogP contribution in [0.4, 0.5) is 5.69 Å². The largest absolute Gasteiger partial charge is 0.397 e. The van der Waals surface area contributed by atoms with Crippen molar-refractivity contribution >= 4 is 5.69 Å². The normalized spacial score (nSPS) is 11.3. The summed E-state index contributed by atoms with van der Waals surface area (Å²) < 4.78 is 0. The van der Waals surface area contributed by atoms with E-state index in [9.17, 15) is 0 Å². The van der Waals surface area contributed by atoms with Gasteiger partial charge in [-0.3, -0.25) is 4.98 Å². The van der Waals surface area contributed by atoms with Crippen molar-refractivity contribution in [3.8, 4) is 0 Å². The second-order valence-corrected chi connectivity index (χ2v) is 4.49. The van der Waals surface area contributed by atoms with Crippen LogP contribution in [0.15, 0.2) is 18.3 Å². The van der Waals surface area contributed by atoms with Crippen molar-refractivity contribution < 1.29 is 0 Å². The van der Waals surface area contributed by atoms with E-state index in [0.29, 0.717) is 0 Å². The van der Waals surface area contributed by atoms with Crippen molar-refractivity contribution in [2.24, 2.45) is 5.92 Å². The van der Waals surface area contributed by atoms with Crippen LogP contribution in [0, 0.1) is 5.92 Å². The third-order valence-electron chi connectivity index (χ3n) is 2.27. The maximum atomic E-state index is 5.58. The predicted octanol–water partition coefficient (Wildman–Crippen LogP) is 1.79. The molecule has 0 aliphatic heterocycles. The molecule has 3 nitrogen and oxygen atoms in total. The first-order chi connectivity index (χ1) is 7.08. The number of hydrogen-bond donors (Lipinski definition) is 1. The minimum Gasteiger partial charge on any atom is -0.397 e. The number of nitrogen functional groups attached to an aromatic ring is 1. The van der Waals surface area contributed by atoms with Crippen LogP contribution in [-0.2, 0) is 6.42 Å². The Balaban J connectivity index is 2.33. The molecule has 0 fully saturated rings. The van der Waals surface area contributed by atoms with E-state index in [1.54, 1.807) is 6.20 Å². The second kappa shape index (κ2) is 5.71. The Morgan fingerprint density at radius 3 is 2.67 bits per heavy atom.